The molecule has 1 fully saturated rings. The number of anilines is 1. The summed E-state index contributed by atoms with van der Waals surface area (Å²) >= 11 is 0. The van der Waals surface area contributed by atoms with Crippen molar-refractivity contribution in [3.8, 4) is 5.75 Å². The van der Waals surface area contributed by atoms with Crippen LogP contribution in [0.15, 0.2) is 48.5 Å². The summed E-state index contributed by atoms with van der Waals surface area (Å²) in [7, 11) is 0. The molecule has 2 amide bonds. The third-order valence-corrected chi connectivity index (χ3v) is 4.57. The standard InChI is InChI=1S/C21H23N3O4/c1-15(25)28-19-5-2-4-17(14-19)21(27)24-11-3-10-23(12-13-24)20(26)16-6-8-18(22)9-7-16/h2,4-9,14H,3,10-13,22H2,1H3. The highest BCUT2D eigenvalue weighted by Crippen LogP contribution is 2.17. The molecule has 0 radical (unpaired) electrons. The van der Waals surface area contributed by atoms with Gasteiger partial charge in [0.15, 0.2) is 0 Å². The van der Waals surface area contributed by atoms with Crippen molar-refractivity contribution in [3.05, 3.63) is 59.7 Å². The minimum atomic E-state index is -0.434. The molecule has 1 saturated heterocycles. The van der Waals surface area contributed by atoms with Gasteiger partial charge in [0.25, 0.3) is 11.8 Å². The van der Waals surface area contributed by atoms with Gasteiger partial charge in [-0.2, -0.15) is 0 Å². The lowest BCUT2D eigenvalue weighted by Gasteiger charge is -2.22. The highest BCUT2D eigenvalue weighted by molar-refractivity contribution is 5.96. The van der Waals surface area contributed by atoms with Crippen molar-refractivity contribution < 1.29 is 19.1 Å². The van der Waals surface area contributed by atoms with Crippen molar-refractivity contribution in [1.82, 2.24) is 9.80 Å². The average molecular weight is 381 g/mol. The molecule has 1 heterocycles. The maximum atomic E-state index is 12.8. The van der Waals surface area contributed by atoms with Crippen molar-refractivity contribution in [2.45, 2.75) is 13.3 Å². The molecule has 0 aromatic heterocycles. The fourth-order valence-electron chi connectivity index (χ4n) is 3.17. The Morgan fingerprint density at radius 1 is 0.857 bits per heavy atom. The number of hydrogen-bond donors (Lipinski definition) is 1. The summed E-state index contributed by atoms with van der Waals surface area (Å²) in [4.78, 5) is 40.1. The number of amides is 2. The van der Waals surface area contributed by atoms with E-state index < -0.39 is 5.97 Å². The van der Waals surface area contributed by atoms with Gasteiger partial charge in [-0.05, 0) is 48.9 Å². The summed E-state index contributed by atoms with van der Waals surface area (Å²) in [6, 6.07) is 13.4. The van der Waals surface area contributed by atoms with Crippen LogP contribution < -0.4 is 10.5 Å². The van der Waals surface area contributed by atoms with Crippen molar-refractivity contribution in [1.29, 1.82) is 0 Å². The Bertz CT molecular complexity index is 879. The van der Waals surface area contributed by atoms with E-state index in [1.54, 1.807) is 58.3 Å². The van der Waals surface area contributed by atoms with Crippen molar-refractivity contribution in [3.63, 3.8) is 0 Å². The van der Waals surface area contributed by atoms with E-state index in [1.165, 1.54) is 6.92 Å². The third-order valence-electron chi connectivity index (χ3n) is 4.57. The van der Waals surface area contributed by atoms with Gasteiger partial charge in [-0.25, -0.2) is 0 Å². The summed E-state index contributed by atoms with van der Waals surface area (Å²) in [5.74, 6) is -0.300. The molecule has 0 unspecified atom stereocenters. The molecule has 2 aromatic rings. The Hall–Kier alpha value is -3.35. The molecule has 0 aliphatic carbocycles. The lowest BCUT2D eigenvalue weighted by atomic mass is 10.2. The van der Waals surface area contributed by atoms with E-state index in [2.05, 4.69) is 0 Å². The number of nitrogen functional groups attached to an aromatic ring is 1. The van der Waals surface area contributed by atoms with E-state index in [-0.39, 0.29) is 11.8 Å². The summed E-state index contributed by atoms with van der Waals surface area (Å²) in [5, 5.41) is 0. The number of nitrogens with zero attached hydrogens (tertiary/aromatic N) is 2. The minimum absolute atomic E-state index is 0.0637. The molecule has 0 spiro atoms. The SMILES string of the molecule is CC(=O)Oc1cccc(C(=O)N2CCCN(C(=O)c3ccc(N)cc3)CC2)c1. The van der Waals surface area contributed by atoms with Crippen LogP contribution >= 0.6 is 0 Å². The van der Waals surface area contributed by atoms with Gasteiger partial charge in [0.05, 0.1) is 0 Å². The van der Waals surface area contributed by atoms with Gasteiger partial charge in [-0.3, -0.25) is 14.4 Å². The number of nitrogens with two attached hydrogens (primary N) is 1. The van der Waals surface area contributed by atoms with Crippen LogP contribution in [0.1, 0.15) is 34.1 Å². The number of ether oxygens (including phenoxy) is 1. The molecule has 0 atom stereocenters. The van der Waals surface area contributed by atoms with E-state index >= 15 is 0 Å². The molecule has 2 N–H and O–H groups in total. The van der Waals surface area contributed by atoms with Gasteiger partial charge in [0.2, 0.25) is 0 Å². The Morgan fingerprint density at radius 2 is 1.46 bits per heavy atom. The molecule has 1 aliphatic heterocycles. The summed E-state index contributed by atoms with van der Waals surface area (Å²) in [6.07, 6.45) is 0.691. The van der Waals surface area contributed by atoms with Gasteiger partial charge < -0.3 is 20.3 Å². The van der Waals surface area contributed by atoms with Crippen molar-refractivity contribution in [2.24, 2.45) is 0 Å². The zero-order valence-electron chi connectivity index (χ0n) is 15.8. The summed E-state index contributed by atoms with van der Waals surface area (Å²) in [6.45, 7) is 3.36. The van der Waals surface area contributed by atoms with Crippen LogP contribution in [0.2, 0.25) is 0 Å². The summed E-state index contributed by atoms with van der Waals surface area (Å²) < 4.78 is 5.05. The predicted octanol–water partition coefficient (Wildman–Crippen LogP) is 2.18. The van der Waals surface area contributed by atoms with Crippen LogP contribution in [0, 0.1) is 0 Å². The molecule has 3 rings (SSSR count). The smallest absolute Gasteiger partial charge is 0.308 e. The minimum Gasteiger partial charge on any atom is -0.427 e. The van der Waals surface area contributed by atoms with Crippen molar-refractivity contribution >= 4 is 23.5 Å². The molecule has 0 bridgehead atoms. The van der Waals surface area contributed by atoms with E-state index in [4.69, 9.17) is 10.5 Å². The van der Waals surface area contributed by atoms with Crippen LogP contribution in [0.3, 0.4) is 0 Å². The maximum Gasteiger partial charge on any atom is 0.308 e. The molecular formula is C21H23N3O4. The predicted molar refractivity (Wildman–Crippen MR) is 105 cm³/mol. The average Bonchev–Trinajstić information content (AvgIpc) is 2.93. The largest absolute Gasteiger partial charge is 0.427 e. The van der Waals surface area contributed by atoms with E-state index in [0.29, 0.717) is 55.2 Å². The van der Waals surface area contributed by atoms with E-state index in [9.17, 15) is 14.4 Å². The Morgan fingerprint density at radius 3 is 2.07 bits per heavy atom. The normalized spacial score (nSPS) is 14.3. The highest BCUT2D eigenvalue weighted by Gasteiger charge is 2.23. The summed E-state index contributed by atoms with van der Waals surface area (Å²) in [5.41, 5.74) is 7.33. The number of esters is 1. The topological polar surface area (TPSA) is 92.9 Å². The first kappa shape index (κ1) is 19.4. The first-order valence-electron chi connectivity index (χ1n) is 9.16. The van der Waals surface area contributed by atoms with Gasteiger partial charge in [-0.15, -0.1) is 0 Å². The van der Waals surface area contributed by atoms with Crippen molar-refractivity contribution in [2.75, 3.05) is 31.9 Å². The molecule has 2 aromatic carbocycles. The Balaban J connectivity index is 1.66. The molecule has 7 heteroatoms. The maximum absolute atomic E-state index is 12.8. The zero-order chi connectivity index (χ0) is 20.1. The Labute approximate surface area is 163 Å². The van der Waals surface area contributed by atoms with Crippen LogP contribution in [0.5, 0.6) is 5.75 Å². The second-order valence-corrected chi connectivity index (χ2v) is 6.68. The number of rotatable bonds is 3. The lowest BCUT2D eigenvalue weighted by molar-refractivity contribution is -0.131. The van der Waals surface area contributed by atoms with Gasteiger partial charge >= 0.3 is 5.97 Å². The third kappa shape index (κ3) is 4.68. The monoisotopic (exact) mass is 381 g/mol. The zero-order valence-corrected chi connectivity index (χ0v) is 15.8. The lowest BCUT2D eigenvalue weighted by Crippen LogP contribution is -2.37. The fourth-order valence-corrected chi connectivity index (χ4v) is 3.17. The fraction of sp³-hybridized carbons (Fsp3) is 0.286. The van der Waals surface area contributed by atoms with E-state index in [1.807, 2.05) is 0 Å². The van der Waals surface area contributed by atoms with Gasteiger partial charge in [0.1, 0.15) is 5.75 Å². The Kier molecular flexibility index (Phi) is 5.93. The molecular weight excluding hydrogens is 358 g/mol. The number of carbonyl (C=O) groups excluding carboxylic acids is 3. The molecule has 28 heavy (non-hydrogen) atoms. The van der Waals surface area contributed by atoms with Crippen LogP contribution in [-0.2, 0) is 4.79 Å². The first-order chi connectivity index (χ1) is 13.4. The molecule has 146 valence electrons. The van der Waals surface area contributed by atoms with Gasteiger partial charge in [0, 0.05) is 49.9 Å². The quantitative estimate of drug-likeness (QED) is 0.500. The number of carbonyl (C=O) groups is 3. The van der Waals surface area contributed by atoms with Crippen LogP contribution in [-0.4, -0.2) is 53.8 Å². The van der Waals surface area contributed by atoms with Crippen LogP contribution in [0.4, 0.5) is 5.69 Å². The molecule has 1 aliphatic rings. The number of benzene rings is 2. The second-order valence-electron chi connectivity index (χ2n) is 6.68. The molecule has 7 nitrogen and oxygen atoms in total. The molecule has 0 saturated carbocycles. The van der Waals surface area contributed by atoms with E-state index in [0.717, 1.165) is 0 Å². The van der Waals surface area contributed by atoms with Gasteiger partial charge in [-0.1, -0.05) is 6.07 Å². The second kappa shape index (κ2) is 8.56. The number of hydrogen-bond acceptors (Lipinski definition) is 5. The first-order valence-corrected chi connectivity index (χ1v) is 9.16. The van der Waals surface area contributed by atoms with Crippen LogP contribution in [0.25, 0.3) is 0 Å². The highest BCUT2D eigenvalue weighted by atomic mass is 16.5.